The lowest BCUT2D eigenvalue weighted by atomic mass is 9.99. The number of ether oxygens (including phenoxy) is 2. The van der Waals surface area contributed by atoms with E-state index in [0.717, 1.165) is 16.7 Å². The van der Waals surface area contributed by atoms with Gasteiger partial charge in [0.1, 0.15) is 11.4 Å². The maximum atomic E-state index is 11.8. The Kier molecular flexibility index (Phi) is 3.84. The highest BCUT2D eigenvalue weighted by Gasteiger charge is 2.25. The Morgan fingerprint density at radius 3 is 2.70 bits per heavy atom. The molecule has 0 fully saturated rings. The third-order valence-electron chi connectivity index (χ3n) is 3.13. The van der Waals surface area contributed by atoms with Crippen molar-refractivity contribution in [2.75, 3.05) is 0 Å². The minimum atomic E-state index is -0.475. The first-order valence-electron chi connectivity index (χ1n) is 6.80. The van der Waals surface area contributed by atoms with Gasteiger partial charge >= 0.3 is 11.9 Å². The molecule has 2 rings (SSSR count). The largest absolute Gasteiger partial charge is 0.460 e. The third-order valence-corrected chi connectivity index (χ3v) is 3.13. The average Bonchev–Trinajstić information content (AvgIpc) is 2.66. The van der Waals surface area contributed by atoms with Crippen LogP contribution in [-0.2, 0) is 27.2 Å². The molecule has 4 heteroatoms. The summed E-state index contributed by atoms with van der Waals surface area (Å²) in [5, 5.41) is 0. The van der Waals surface area contributed by atoms with E-state index in [2.05, 4.69) is 0 Å². The van der Waals surface area contributed by atoms with Crippen LogP contribution in [0.25, 0.3) is 0 Å². The smallest absolute Gasteiger partial charge is 0.315 e. The summed E-state index contributed by atoms with van der Waals surface area (Å²) in [6, 6.07) is 3.87. The number of aryl methyl sites for hydroxylation is 1. The summed E-state index contributed by atoms with van der Waals surface area (Å²) in [4.78, 5) is 23.2. The van der Waals surface area contributed by atoms with Crippen molar-refractivity contribution in [3.63, 3.8) is 0 Å². The van der Waals surface area contributed by atoms with E-state index in [1.807, 2.05) is 39.8 Å². The number of rotatable bonds is 3. The highest BCUT2D eigenvalue weighted by atomic mass is 16.6. The topological polar surface area (TPSA) is 52.6 Å². The molecule has 0 bridgehead atoms. The molecule has 4 nitrogen and oxygen atoms in total. The van der Waals surface area contributed by atoms with E-state index in [9.17, 15) is 9.59 Å². The molecule has 1 aromatic carbocycles. The van der Waals surface area contributed by atoms with Crippen LogP contribution in [-0.4, -0.2) is 17.5 Å². The average molecular weight is 276 g/mol. The second-order valence-electron chi connectivity index (χ2n) is 6.09. The number of hydrogen-bond donors (Lipinski definition) is 0. The number of fused-ring (bicyclic) bond motifs is 1. The van der Waals surface area contributed by atoms with Gasteiger partial charge in [-0.3, -0.25) is 9.59 Å². The molecule has 20 heavy (non-hydrogen) atoms. The van der Waals surface area contributed by atoms with Crippen LogP contribution in [0.4, 0.5) is 0 Å². The molecule has 1 aliphatic rings. The summed E-state index contributed by atoms with van der Waals surface area (Å²) >= 11 is 0. The highest BCUT2D eigenvalue weighted by molar-refractivity contribution is 5.82. The van der Waals surface area contributed by atoms with E-state index < -0.39 is 5.60 Å². The molecular formula is C16H20O4. The van der Waals surface area contributed by atoms with Crippen molar-refractivity contribution >= 4 is 11.9 Å². The van der Waals surface area contributed by atoms with Gasteiger partial charge in [-0.05, 0) is 45.2 Å². The van der Waals surface area contributed by atoms with E-state index in [4.69, 9.17) is 9.47 Å². The van der Waals surface area contributed by atoms with Crippen LogP contribution in [0.1, 0.15) is 43.9 Å². The summed E-state index contributed by atoms with van der Waals surface area (Å²) in [7, 11) is 0. The summed E-state index contributed by atoms with van der Waals surface area (Å²) in [6.45, 7) is 7.49. The number of hydrogen-bond acceptors (Lipinski definition) is 4. The van der Waals surface area contributed by atoms with Crippen molar-refractivity contribution in [1.82, 2.24) is 0 Å². The van der Waals surface area contributed by atoms with E-state index in [-0.39, 0.29) is 18.4 Å². The van der Waals surface area contributed by atoms with Crippen molar-refractivity contribution in [2.45, 2.75) is 52.6 Å². The Morgan fingerprint density at radius 2 is 2.05 bits per heavy atom. The molecule has 0 saturated carbocycles. The van der Waals surface area contributed by atoms with Crippen LogP contribution in [0.2, 0.25) is 0 Å². The first kappa shape index (κ1) is 14.6. The Bertz CT molecular complexity index is 552. The molecule has 1 heterocycles. The molecule has 0 aliphatic carbocycles. The fourth-order valence-electron chi connectivity index (χ4n) is 2.28. The molecule has 0 N–H and O–H groups in total. The first-order valence-corrected chi connectivity index (χ1v) is 6.80. The third kappa shape index (κ3) is 3.38. The lowest BCUT2D eigenvalue weighted by Gasteiger charge is -2.19. The van der Waals surface area contributed by atoms with E-state index in [0.29, 0.717) is 18.6 Å². The molecule has 0 spiro atoms. The number of carbonyl (C=O) groups excluding carboxylic acids is 2. The molecule has 1 aliphatic heterocycles. The number of benzene rings is 1. The molecule has 108 valence electrons. The van der Waals surface area contributed by atoms with Gasteiger partial charge in [-0.1, -0.05) is 12.1 Å². The first-order chi connectivity index (χ1) is 9.26. The van der Waals surface area contributed by atoms with Crippen LogP contribution >= 0.6 is 0 Å². The fraction of sp³-hybridized carbons (Fsp3) is 0.500. The predicted octanol–water partition coefficient (Wildman–Crippen LogP) is 2.73. The van der Waals surface area contributed by atoms with Gasteiger partial charge in [0.25, 0.3) is 0 Å². The second kappa shape index (κ2) is 5.27. The number of carbonyl (C=O) groups is 2. The lowest BCUT2D eigenvalue weighted by Crippen LogP contribution is -2.24. The minimum Gasteiger partial charge on any atom is -0.460 e. The number of esters is 2. The summed E-state index contributed by atoms with van der Waals surface area (Å²) in [5.74, 6) is 0.168. The van der Waals surface area contributed by atoms with Crippen LogP contribution in [0.15, 0.2) is 12.1 Å². The lowest BCUT2D eigenvalue weighted by molar-refractivity contribution is -0.154. The van der Waals surface area contributed by atoms with Gasteiger partial charge in [0.05, 0.1) is 6.42 Å². The Hall–Kier alpha value is -1.84. The molecule has 0 amide bonds. The Balaban J connectivity index is 2.09. The summed E-state index contributed by atoms with van der Waals surface area (Å²) in [6.07, 6.45) is 1.12. The van der Waals surface area contributed by atoms with Gasteiger partial charge < -0.3 is 9.47 Å². The van der Waals surface area contributed by atoms with Crippen LogP contribution < -0.4 is 4.74 Å². The summed E-state index contributed by atoms with van der Waals surface area (Å²) in [5.41, 5.74) is 2.39. The van der Waals surface area contributed by atoms with Crippen LogP contribution in [0.3, 0.4) is 0 Å². The summed E-state index contributed by atoms with van der Waals surface area (Å²) < 4.78 is 10.6. The van der Waals surface area contributed by atoms with Gasteiger partial charge in [0, 0.05) is 12.0 Å². The van der Waals surface area contributed by atoms with Crippen LogP contribution in [0.5, 0.6) is 5.75 Å². The van der Waals surface area contributed by atoms with Gasteiger partial charge in [0.15, 0.2) is 0 Å². The van der Waals surface area contributed by atoms with E-state index >= 15 is 0 Å². The van der Waals surface area contributed by atoms with Crippen molar-refractivity contribution in [3.8, 4) is 5.75 Å². The van der Waals surface area contributed by atoms with Crippen LogP contribution in [0, 0.1) is 6.92 Å². The zero-order chi connectivity index (χ0) is 14.9. The zero-order valence-corrected chi connectivity index (χ0v) is 12.4. The normalized spacial score (nSPS) is 13.9. The maximum absolute atomic E-state index is 11.8. The zero-order valence-electron chi connectivity index (χ0n) is 12.4. The Labute approximate surface area is 119 Å². The van der Waals surface area contributed by atoms with Gasteiger partial charge in [-0.25, -0.2) is 0 Å². The van der Waals surface area contributed by atoms with Crippen molar-refractivity contribution in [2.24, 2.45) is 0 Å². The fourth-order valence-corrected chi connectivity index (χ4v) is 2.28. The highest BCUT2D eigenvalue weighted by Crippen LogP contribution is 2.33. The SMILES string of the molecule is Cc1ccc2c(c1CCC(=O)OC(C)(C)C)OC(=O)C2. The molecular weight excluding hydrogens is 256 g/mol. The molecule has 0 unspecified atom stereocenters. The molecule has 1 aromatic rings. The maximum Gasteiger partial charge on any atom is 0.315 e. The molecule has 0 aromatic heterocycles. The van der Waals surface area contributed by atoms with Gasteiger partial charge in [0.2, 0.25) is 0 Å². The van der Waals surface area contributed by atoms with Crippen molar-refractivity contribution < 1.29 is 19.1 Å². The van der Waals surface area contributed by atoms with Gasteiger partial charge in [-0.15, -0.1) is 0 Å². The molecule has 0 saturated heterocycles. The van der Waals surface area contributed by atoms with E-state index in [1.165, 1.54) is 0 Å². The van der Waals surface area contributed by atoms with Gasteiger partial charge in [-0.2, -0.15) is 0 Å². The van der Waals surface area contributed by atoms with E-state index in [1.54, 1.807) is 0 Å². The minimum absolute atomic E-state index is 0.232. The van der Waals surface area contributed by atoms with Crippen molar-refractivity contribution in [1.29, 1.82) is 0 Å². The standard InChI is InChI=1S/C16H20O4/c1-10-5-6-11-9-14(18)19-15(11)12(10)7-8-13(17)20-16(2,3)4/h5-6H,7-9H2,1-4H3. The Morgan fingerprint density at radius 1 is 1.35 bits per heavy atom. The predicted molar refractivity (Wildman–Crippen MR) is 74.7 cm³/mol. The molecule has 0 atom stereocenters. The quantitative estimate of drug-likeness (QED) is 0.629. The van der Waals surface area contributed by atoms with Crippen molar-refractivity contribution in [3.05, 3.63) is 28.8 Å². The molecule has 0 radical (unpaired) electrons. The second-order valence-corrected chi connectivity index (χ2v) is 6.09. The monoisotopic (exact) mass is 276 g/mol.